The van der Waals surface area contributed by atoms with E-state index in [1.54, 1.807) is 6.07 Å². The summed E-state index contributed by atoms with van der Waals surface area (Å²) in [5.74, 6) is 2.08. The molecule has 0 radical (unpaired) electrons. The van der Waals surface area contributed by atoms with E-state index in [1.807, 2.05) is 13.8 Å². The van der Waals surface area contributed by atoms with Crippen molar-refractivity contribution < 1.29 is 4.79 Å². The molecule has 0 atom stereocenters. The molecule has 0 bridgehead atoms. The lowest BCUT2D eigenvalue weighted by molar-refractivity contribution is -0.123. The van der Waals surface area contributed by atoms with Crippen molar-refractivity contribution in [3.05, 3.63) is 17.0 Å². The van der Waals surface area contributed by atoms with E-state index in [4.69, 9.17) is 11.6 Å². The Labute approximate surface area is 118 Å². The predicted octanol–water partition coefficient (Wildman–Crippen LogP) is 2.19. The molecule has 104 valence electrons. The lowest BCUT2D eigenvalue weighted by Crippen LogP contribution is -2.32. The van der Waals surface area contributed by atoms with Gasteiger partial charge in [-0.25, -0.2) is 9.97 Å². The number of anilines is 1. The summed E-state index contributed by atoms with van der Waals surface area (Å²) in [6, 6.07) is 1.71. The van der Waals surface area contributed by atoms with Crippen LogP contribution in [0.5, 0.6) is 0 Å². The molecule has 1 aromatic heterocycles. The Kier molecular flexibility index (Phi) is 4.58. The van der Waals surface area contributed by atoms with Crippen molar-refractivity contribution in [2.75, 3.05) is 18.4 Å². The number of nitrogens with zero attached hydrogens (tertiary/aromatic N) is 2. The van der Waals surface area contributed by atoms with Crippen molar-refractivity contribution in [2.24, 2.45) is 5.92 Å². The summed E-state index contributed by atoms with van der Waals surface area (Å²) in [6.45, 7) is 4.93. The molecule has 5 nitrogen and oxygen atoms in total. The molecule has 1 fully saturated rings. The molecule has 1 aliphatic carbocycles. The molecule has 6 heteroatoms. The van der Waals surface area contributed by atoms with E-state index in [-0.39, 0.29) is 11.8 Å². The summed E-state index contributed by atoms with van der Waals surface area (Å²) < 4.78 is 0. The first-order valence-electron chi connectivity index (χ1n) is 6.62. The Bertz CT molecular complexity index is 460. The molecule has 1 heterocycles. The zero-order valence-electron chi connectivity index (χ0n) is 11.2. The van der Waals surface area contributed by atoms with Gasteiger partial charge in [0.2, 0.25) is 5.91 Å². The topological polar surface area (TPSA) is 66.9 Å². The van der Waals surface area contributed by atoms with Crippen molar-refractivity contribution >= 4 is 23.3 Å². The third-order valence-electron chi connectivity index (χ3n) is 2.91. The number of carbonyl (C=O) groups excluding carboxylic acids is 1. The highest BCUT2D eigenvalue weighted by molar-refractivity contribution is 6.29. The minimum Gasteiger partial charge on any atom is -0.368 e. The van der Waals surface area contributed by atoms with Crippen LogP contribution in [0.25, 0.3) is 0 Å². The van der Waals surface area contributed by atoms with Gasteiger partial charge in [-0.2, -0.15) is 0 Å². The zero-order valence-corrected chi connectivity index (χ0v) is 12.0. The smallest absolute Gasteiger partial charge is 0.222 e. The maximum absolute atomic E-state index is 11.4. The number of rotatable bonds is 6. The van der Waals surface area contributed by atoms with Crippen molar-refractivity contribution in [1.82, 2.24) is 15.3 Å². The highest BCUT2D eigenvalue weighted by Gasteiger charge is 2.27. The Hall–Kier alpha value is -1.36. The monoisotopic (exact) mass is 282 g/mol. The van der Waals surface area contributed by atoms with Crippen molar-refractivity contribution in [3.8, 4) is 0 Å². The first-order valence-corrected chi connectivity index (χ1v) is 7.00. The van der Waals surface area contributed by atoms with Gasteiger partial charge in [-0.05, 0) is 12.8 Å². The molecule has 0 saturated heterocycles. The number of hydrogen-bond donors (Lipinski definition) is 2. The second kappa shape index (κ2) is 6.19. The van der Waals surface area contributed by atoms with Crippen molar-refractivity contribution in [3.63, 3.8) is 0 Å². The highest BCUT2D eigenvalue weighted by atomic mass is 35.5. The zero-order chi connectivity index (χ0) is 13.8. The van der Waals surface area contributed by atoms with Crippen LogP contribution in [0, 0.1) is 5.92 Å². The molecule has 1 aliphatic rings. The van der Waals surface area contributed by atoms with Crippen molar-refractivity contribution in [2.45, 2.75) is 32.6 Å². The van der Waals surface area contributed by atoms with E-state index < -0.39 is 0 Å². The maximum Gasteiger partial charge on any atom is 0.222 e. The molecular formula is C13H19ClN4O. The van der Waals surface area contributed by atoms with Gasteiger partial charge < -0.3 is 10.6 Å². The molecule has 0 aromatic carbocycles. The molecule has 1 amide bonds. The average molecular weight is 283 g/mol. The van der Waals surface area contributed by atoms with Crippen LogP contribution in [-0.2, 0) is 4.79 Å². The summed E-state index contributed by atoms with van der Waals surface area (Å²) in [5.41, 5.74) is 0. The molecule has 0 aliphatic heterocycles. The molecule has 2 rings (SSSR count). The second-order valence-electron chi connectivity index (χ2n) is 5.08. The molecule has 1 aromatic rings. The fourth-order valence-corrected chi connectivity index (χ4v) is 1.82. The van der Waals surface area contributed by atoms with Crippen LogP contribution in [0.1, 0.15) is 38.4 Å². The molecule has 0 spiro atoms. The molecule has 0 unspecified atom stereocenters. The minimum atomic E-state index is 0.00923. The summed E-state index contributed by atoms with van der Waals surface area (Å²) >= 11 is 5.97. The quantitative estimate of drug-likeness (QED) is 0.620. The predicted molar refractivity (Wildman–Crippen MR) is 75.4 cm³/mol. The van der Waals surface area contributed by atoms with Gasteiger partial charge in [-0.3, -0.25) is 4.79 Å². The number of amides is 1. The first kappa shape index (κ1) is 14.1. The molecule has 1 saturated carbocycles. The number of carbonyl (C=O) groups is 1. The minimum absolute atomic E-state index is 0.00923. The maximum atomic E-state index is 11.4. The Morgan fingerprint density at radius 2 is 2.16 bits per heavy atom. The standard InChI is InChI=1S/C13H19ClN4O/c1-8(2)13(19)16-6-5-15-11-7-10(14)17-12(18-11)9-3-4-9/h7-9H,3-6H2,1-2H3,(H,16,19)(H,15,17,18). The SMILES string of the molecule is CC(C)C(=O)NCCNc1cc(Cl)nc(C2CC2)n1. The normalized spacial score (nSPS) is 14.5. The fourth-order valence-electron chi connectivity index (χ4n) is 1.63. The van der Waals surface area contributed by atoms with E-state index in [0.29, 0.717) is 24.2 Å². The Morgan fingerprint density at radius 3 is 2.79 bits per heavy atom. The summed E-state index contributed by atoms with van der Waals surface area (Å²) in [5, 5.41) is 6.45. The van der Waals surface area contributed by atoms with Crippen LogP contribution in [0.4, 0.5) is 5.82 Å². The summed E-state index contributed by atoms with van der Waals surface area (Å²) in [7, 11) is 0. The van der Waals surface area contributed by atoms with Crippen LogP contribution in [-0.4, -0.2) is 29.0 Å². The van der Waals surface area contributed by atoms with Crippen molar-refractivity contribution in [1.29, 1.82) is 0 Å². The van der Waals surface area contributed by atoms with Gasteiger partial charge in [0.25, 0.3) is 0 Å². The first-order chi connectivity index (χ1) is 9.06. The van der Waals surface area contributed by atoms with Gasteiger partial charge >= 0.3 is 0 Å². The van der Waals surface area contributed by atoms with Crippen LogP contribution in [0.2, 0.25) is 5.15 Å². The van der Waals surface area contributed by atoms with Crippen LogP contribution >= 0.6 is 11.6 Å². The summed E-state index contributed by atoms with van der Waals surface area (Å²) in [4.78, 5) is 20.0. The number of nitrogens with one attached hydrogen (secondary N) is 2. The van der Waals surface area contributed by atoms with Gasteiger partial charge in [0.05, 0.1) is 0 Å². The van der Waals surface area contributed by atoms with Crippen LogP contribution in [0.15, 0.2) is 6.07 Å². The third-order valence-corrected chi connectivity index (χ3v) is 3.10. The van der Waals surface area contributed by atoms with Gasteiger partial charge in [-0.1, -0.05) is 25.4 Å². The van der Waals surface area contributed by atoms with Gasteiger partial charge in [0, 0.05) is 31.0 Å². The van der Waals surface area contributed by atoms with E-state index in [0.717, 1.165) is 24.5 Å². The van der Waals surface area contributed by atoms with E-state index in [1.165, 1.54) is 0 Å². The number of aromatic nitrogens is 2. The van der Waals surface area contributed by atoms with Crippen LogP contribution in [0.3, 0.4) is 0 Å². The molecule has 19 heavy (non-hydrogen) atoms. The van der Waals surface area contributed by atoms with E-state index in [2.05, 4.69) is 20.6 Å². The largest absolute Gasteiger partial charge is 0.368 e. The average Bonchev–Trinajstić information content (AvgIpc) is 3.17. The Morgan fingerprint density at radius 1 is 1.42 bits per heavy atom. The summed E-state index contributed by atoms with van der Waals surface area (Å²) in [6.07, 6.45) is 2.29. The van der Waals surface area contributed by atoms with E-state index in [9.17, 15) is 4.79 Å². The van der Waals surface area contributed by atoms with Gasteiger partial charge in [0.15, 0.2) is 0 Å². The molecule has 2 N–H and O–H groups in total. The molecular weight excluding hydrogens is 264 g/mol. The lowest BCUT2D eigenvalue weighted by Gasteiger charge is -2.10. The van der Waals surface area contributed by atoms with Crippen LogP contribution < -0.4 is 10.6 Å². The van der Waals surface area contributed by atoms with E-state index >= 15 is 0 Å². The lowest BCUT2D eigenvalue weighted by atomic mass is 10.2. The van der Waals surface area contributed by atoms with Gasteiger partial charge in [-0.15, -0.1) is 0 Å². The Balaban J connectivity index is 1.81. The third kappa shape index (κ3) is 4.35. The number of hydrogen-bond acceptors (Lipinski definition) is 4. The fraction of sp³-hybridized carbons (Fsp3) is 0.615. The highest BCUT2D eigenvalue weighted by Crippen LogP contribution is 2.38. The second-order valence-corrected chi connectivity index (χ2v) is 5.47. The van der Waals surface area contributed by atoms with Gasteiger partial charge in [0.1, 0.15) is 16.8 Å². The number of halogens is 1.